The zero-order valence-corrected chi connectivity index (χ0v) is 13.3. The largest absolute Gasteiger partial charge is 0.489 e. The van der Waals surface area contributed by atoms with Gasteiger partial charge in [-0.15, -0.1) is 0 Å². The Kier molecular flexibility index (Phi) is 5.86. The van der Waals surface area contributed by atoms with Crippen molar-refractivity contribution in [1.29, 1.82) is 0 Å². The van der Waals surface area contributed by atoms with E-state index in [1.165, 1.54) is 12.0 Å². The van der Waals surface area contributed by atoms with Crippen LogP contribution in [0.2, 0.25) is 0 Å². The van der Waals surface area contributed by atoms with E-state index in [2.05, 4.69) is 71.1 Å². The molecule has 0 fully saturated rings. The Balaban J connectivity index is 2.49. The van der Waals surface area contributed by atoms with Crippen LogP contribution in [0.5, 0.6) is 5.75 Å². The molecule has 0 aliphatic heterocycles. The molecule has 0 heterocycles. The maximum atomic E-state index is 5.92. The summed E-state index contributed by atoms with van der Waals surface area (Å²) in [6.45, 7) is 13.9. The van der Waals surface area contributed by atoms with Gasteiger partial charge in [0, 0.05) is 12.1 Å². The summed E-state index contributed by atoms with van der Waals surface area (Å²) in [6.07, 6.45) is 1.35. The molecule has 2 atom stereocenters. The van der Waals surface area contributed by atoms with E-state index in [0.717, 1.165) is 12.3 Å². The lowest BCUT2D eigenvalue weighted by molar-refractivity contribution is 0.203. The molecule has 19 heavy (non-hydrogen) atoms. The zero-order valence-electron chi connectivity index (χ0n) is 13.3. The molecule has 0 aliphatic rings. The summed E-state index contributed by atoms with van der Waals surface area (Å²) >= 11 is 0. The first-order valence-corrected chi connectivity index (χ1v) is 7.33. The Hall–Kier alpha value is -1.02. The molecule has 2 heteroatoms. The second-order valence-corrected chi connectivity index (χ2v) is 6.44. The predicted molar refractivity (Wildman–Crippen MR) is 83.0 cm³/mol. The minimum Gasteiger partial charge on any atom is -0.489 e. The van der Waals surface area contributed by atoms with E-state index in [4.69, 9.17) is 4.74 Å². The fourth-order valence-corrected chi connectivity index (χ4v) is 1.83. The van der Waals surface area contributed by atoms with Gasteiger partial charge in [0.05, 0.1) is 0 Å². The molecule has 1 aromatic carbocycles. The average Bonchev–Trinajstić information content (AvgIpc) is 2.35. The van der Waals surface area contributed by atoms with Gasteiger partial charge < -0.3 is 10.1 Å². The summed E-state index contributed by atoms with van der Waals surface area (Å²) in [4.78, 5) is 0. The van der Waals surface area contributed by atoms with Gasteiger partial charge in [0.15, 0.2) is 0 Å². The molecule has 0 aromatic heterocycles. The number of hydrogen-bond donors (Lipinski definition) is 1. The van der Waals surface area contributed by atoms with Crippen molar-refractivity contribution in [1.82, 2.24) is 5.32 Å². The predicted octanol–water partition coefficient (Wildman–Crippen LogP) is 4.36. The van der Waals surface area contributed by atoms with E-state index in [1.54, 1.807) is 0 Å². The highest BCUT2D eigenvalue weighted by Gasteiger charge is 2.12. The maximum absolute atomic E-state index is 5.92. The van der Waals surface area contributed by atoms with Crippen molar-refractivity contribution in [3.05, 3.63) is 29.8 Å². The highest BCUT2D eigenvalue weighted by atomic mass is 16.5. The topological polar surface area (TPSA) is 21.3 Å². The van der Waals surface area contributed by atoms with E-state index in [-0.39, 0.29) is 11.6 Å². The van der Waals surface area contributed by atoms with Crippen LogP contribution in [0.25, 0.3) is 0 Å². The first kappa shape index (κ1) is 16.0. The van der Waals surface area contributed by atoms with Gasteiger partial charge in [0.2, 0.25) is 0 Å². The lowest BCUT2D eigenvalue weighted by Gasteiger charge is -2.24. The summed E-state index contributed by atoms with van der Waals surface area (Å²) < 4.78 is 5.92. The normalized spacial score (nSPS) is 15.1. The molecule has 0 spiro atoms. The van der Waals surface area contributed by atoms with E-state index >= 15 is 0 Å². The van der Waals surface area contributed by atoms with Crippen LogP contribution in [0.1, 0.15) is 59.4 Å². The number of benzene rings is 1. The van der Waals surface area contributed by atoms with Gasteiger partial charge in [-0.25, -0.2) is 0 Å². The SMILES string of the molecule is CCC(C)c1ccc(OC(C)CNC(C)(C)C)cc1. The summed E-state index contributed by atoms with van der Waals surface area (Å²) in [5, 5.41) is 3.46. The van der Waals surface area contributed by atoms with Crippen LogP contribution in [-0.2, 0) is 0 Å². The summed E-state index contributed by atoms with van der Waals surface area (Å²) in [6, 6.07) is 8.50. The lowest BCUT2D eigenvalue weighted by Crippen LogP contribution is -2.41. The Labute approximate surface area is 118 Å². The summed E-state index contributed by atoms with van der Waals surface area (Å²) in [5.41, 5.74) is 1.52. The smallest absolute Gasteiger partial charge is 0.119 e. The molecule has 0 aliphatic carbocycles. The molecule has 0 amide bonds. The first-order chi connectivity index (χ1) is 8.81. The van der Waals surface area contributed by atoms with Gasteiger partial charge in [0.1, 0.15) is 11.9 Å². The van der Waals surface area contributed by atoms with Crippen LogP contribution in [0.15, 0.2) is 24.3 Å². The van der Waals surface area contributed by atoms with Gasteiger partial charge in [0.25, 0.3) is 0 Å². The molecule has 108 valence electrons. The molecule has 0 bridgehead atoms. The maximum Gasteiger partial charge on any atom is 0.119 e. The molecule has 0 saturated carbocycles. The van der Waals surface area contributed by atoms with Crippen molar-refractivity contribution in [2.75, 3.05) is 6.54 Å². The third kappa shape index (κ3) is 6.11. The van der Waals surface area contributed by atoms with E-state index < -0.39 is 0 Å². The van der Waals surface area contributed by atoms with Gasteiger partial charge in [-0.2, -0.15) is 0 Å². The second kappa shape index (κ2) is 6.95. The van der Waals surface area contributed by atoms with Crippen molar-refractivity contribution < 1.29 is 4.74 Å². The lowest BCUT2D eigenvalue weighted by atomic mass is 9.99. The van der Waals surface area contributed by atoms with Crippen LogP contribution in [0.3, 0.4) is 0 Å². The second-order valence-electron chi connectivity index (χ2n) is 6.44. The molecule has 1 N–H and O–H groups in total. The molecule has 2 unspecified atom stereocenters. The van der Waals surface area contributed by atoms with Crippen LogP contribution in [0, 0.1) is 0 Å². The van der Waals surface area contributed by atoms with Crippen LogP contribution in [-0.4, -0.2) is 18.2 Å². The Morgan fingerprint density at radius 1 is 1.11 bits per heavy atom. The van der Waals surface area contributed by atoms with E-state index in [9.17, 15) is 0 Å². The quantitative estimate of drug-likeness (QED) is 0.823. The third-order valence-corrected chi connectivity index (χ3v) is 3.32. The molecule has 1 aromatic rings. The van der Waals surface area contributed by atoms with Crippen LogP contribution in [0.4, 0.5) is 0 Å². The Bertz CT molecular complexity index is 364. The minimum atomic E-state index is 0.137. The van der Waals surface area contributed by atoms with Crippen molar-refractivity contribution in [2.45, 2.75) is 65.5 Å². The van der Waals surface area contributed by atoms with Gasteiger partial charge in [-0.3, -0.25) is 0 Å². The molecule has 0 radical (unpaired) electrons. The number of ether oxygens (including phenoxy) is 1. The Morgan fingerprint density at radius 3 is 2.16 bits per heavy atom. The summed E-state index contributed by atoms with van der Waals surface area (Å²) in [7, 11) is 0. The van der Waals surface area contributed by atoms with Crippen LogP contribution < -0.4 is 10.1 Å². The molecular weight excluding hydrogens is 234 g/mol. The van der Waals surface area contributed by atoms with Crippen LogP contribution >= 0.6 is 0 Å². The number of hydrogen-bond acceptors (Lipinski definition) is 2. The monoisotopic (exact) mass is 263 g/mol. The van der Waals surface area contributed by atoms with Crippen molar-refractivity contribution >= 4 is 0 Å². The number of rotatable bonds is 6. The molecule has 1 rings (SSSR count). The minimum absolute atomic E-state index is 0.137. The molecule has 0 saturated heterocycles. The van der Waals surface area contributed by atoms with Gasteiger partial charge in [-0.1, -0.05) is 26.0 Å². The average molecular weight is 263 g/mol. The highest BCUT2D eigenvalue weighted by molar-refractivity contribution is 5.29. The fourth-order valence-electron chi connectivity index (χ4n) is 1.83. The fraction of sp³-hybridized carbons (Fsp3) is 0.647. The Morgan fingerprint density at radius 2 is 1.68 bits per heavy atom. The summed E-state index contributed by atoms with van der Waals surface area (Å²) in [5.74, 6) is 1.57. The third-order valence-electron chi connectivity index (χ3n) is 3.32. The molecular formula is C17H29NO. The van der Waals surface area contributed by atoms with Crippen molar-refractivity contribution in [2.24, 2.45) is 0 Å². The van der Waals surface area contributed by atoms with Crippen molar-refractivity contribution in [3.63, 3.8) is 0 Å². The van der Waals surface area contributed by atoms with Crippen molar-refractivity contribution in [3.8, 4) is 5.75 Å². The zero-order chi connectivity index (χ0) is 14.5. The first-order valence-electron chi connectivity index (χ1n) is 7.33. The molecule has 2 nitrogen and oxygen atoms in total. The van der Waals surface area contributed by atoms with Gasteiger partial charge >= 0.3 is 0 Å². The van der Waals surface area contributed by atoms with E-state index in [0.29, 0.717) is 5.92 Å². The standard InChI is InChI=1S/C17H29NO/c1-7-13(2)15-8-10-16(11-9-15)19-14(3)12-18-17(4,5)6/h8-11,13-14,18H,7,12H2,1-6H3. The highest BCUT2D eigenvalue weighted by Crippen LogP contribution is 2.22. The van der Waals surface area contributed by atoms with E-state index in [1.807, 2.05) is 0 Å². The van der Waals surface area contributed by atoms with Gasteiger partial charge in [-0.05, 0) is 57.7 Å². The number of nitrogens with one attached hydrogen (secondary N) is 1.